The second-order valence-electron chi connectivity index (χ2n) is 7.65. The summed E-state index contributed by atoms with van der Waals surface area (Å²) in [5, 5.41) is 15.0. The van der Waals surface area contributed by atoms with Crippen molar-refractivity contribution in [3.05, 3.63) is 101 Å². The van der Waals surface area contributed by atoms with Gasteiger partial charge in [0, 0.05) is 31.4 Å². The molecule has 4 rings (SSSR count). The van der Waals surface area contributed by atoms with Crippen LogP contribution in [0.5, 0.6) is 0 Å². The van der Waals surface area contributed by atoms with Gasteiger partial charge in [0.2, 0.25) is 0 Å². The molecule has 1 aromatic heterocycles. The lowest BCUT2D eigenvalue weighted by molar-refractivity contribution is 0.0696. The Morgan fingerprint density at radius 1 is 1.09 bits per heavy atom. The third-order valence-electron chi connectivity index (χ3n) is 5.49. The van der Waals surface area contributed by atoms with Gasteiger partial charge < -0.3 is 20.7 Å². The van der Waals surface area contributed by atoms with Crippen LogP contribution in [0.2, 0.25) is 0 Å². The van der Waals surface area contributed by atoms with Crippen molar-refractivity contribution in [2.45, 2.75) is 26.7 Å². The van der Waals surface area contributed by atoms with Gasteiger partial charge in [-0.05, 0) is 59.2 Å². The van der Waals surface area contributed by atoms with Crippen LogP contribution in [0.25, 0.3) is 16.7 Å². The first kappa shape index (κ1) is 24.6. The van der Waals surface area contributed by atoms with Gasteiger partial charge in [-0.2, -0.15) is 0 Å². The minimum Gasteiger partial charge on any atom is -0.478 e. The van der Waals surface area contributed by atoms with Crippen LogP contribution in [0, 0.1) is 0 Å². The Balaban J connectivity index is 0.00000158. The fourth-order valence-electron chi connectivity index (χ4n) is 3.80. The molecule has 0 saturated carbocycles. The molecule has 0 fully saturated rings. The molecule has 0 radical (unpaired) electrons. The second-order valence-corrected chi connectivity index (χ2v) is 7.65. The van der Waals surface area contributed by atoms with Gasteiger partial charge >= 0.3 is 5.97 Å². The summed E-state index contributed by atoms with van der Waals surface area (Å²) < 4.78 is 0. The molecular weight excluding hydrogens is 426 g/mol. The number of amides is 1. The Labute approximate surface area is 200 Å². The summed E-state index contributed by atoms with van der Waals surface area (Å²) >= 11 is 0. The van der Waals surface area contributed by atoms with Crippen molar-refractivity contribution >= 4 is 17.4 Å². The Bertz CT molecular complexity index is 1200. The van der Waals surface area contributed by atoms with Crippen LogP contribution >= 0.6 is 0 Å². The number of carboxylic acid groups (broad SMARTS) is 1. The summed E-state index contributed by atoms with van der Waals surface area (Å²) in [6, 6.07) is 17.0. The van der Waals surface area contributed by atoms with Crippen LogP contribution < -0.4 is 10.6 Å². The van der Waals surface area contributed by atoms with E-state index in [0.717, 1.165) is 40.1 Å². The number of hydrogen-bond acceptors (Lipinski definition) is 3. The molecule has 0 unspecified atom stereocenters. The molecule has 0 aliphatic carbocycles. The topological polar surface area (TPSA) is 94.2 Å². The summed E-state index contributed by atoms with van der Waals surface area (Å²) in [7, 11) is 1.85. The minimum absolute atomic E-state index is 0.0349. The van der Waals surface area contributed by atoms with E-state index in [1.54, 1.807) is 12.1 Å². The van der Waals surface area contributed by atoms with Crippen LogP contribution in [0.4, 0.5) is 0 Å². The number of fused-ring (bicyclic) bond motifs is 1. The molecule has 0 spiro atoms. The van der Waals surface area contributed by atoms with Gasteiger partial charge in [-0.25, -0.2) is 4.79 Å². The molecule has 0 bridgehead atoms. The maximum absolute atomic E-state index is 12.1. The van der Waals surface area contributed by atoms with Crippen LogP contribution in [0.1, 0.15) is 51.5 Å². The SMILES string of the molecule is CC.CN/C=C\C(=C/Cc1cccc(-c2ccc(C(=O)O)cc2)c1)c1cc2c([nH]1)CCNC2=O. The first-order valence-electron chi connectivity index (χ1n) is 11.5. The highest BCUT2D eigenvalue weighted by Gasteiger charge is 2.20. The van der Waals surface area contributed by atoms with E-state index in [2.05, 4.69) is 33.8 Å². The van der Waals surface area contributed by atoms with E-state index in [9.17, 15) is 9.59 Å². The average molecular weight is 458 g/mol. The molecule has 4 N–H and O–H groups in total. The van der Waals surface area contributed by atoms with Gasteiger partial charge in [0.05, 0.1) is 11.1 Å². The zero-order chi connectivity index (χ0) is 24.5. The molecule has 1 aliphatic heterocycles. The van der Waals surface area contributed by atoms with E-state index >= 15 is 0 Å². The number of carbonyl (C=O) groups excluding carboxylic acids is 1. The van der Waals surface area contributed by atoms with Crippen molar-refractivity contribution in [3.63, 3.8) is 0 Å². The van der Waals surface area contributed by atoms with E-state index in [1.165, 1.54) is 0 Å². The Morgan fingerprint density at radius 3 is 2.53 bits per heavy atom. The molecule has 0 saturated heterocycles. The van der Waals surface area contributed by atoms with Gasteiger partial charge in [-0.1, -0.05) is 56.3 Å². The number of carboxylic acids is 1. The number of aromatic amines is 1. The van der Waals surface area contributed by atoms with E-state index in [-0.39, 0.29) is 11.5 Å². The lowest BCUT2D eigenvalue weighted by Gasteiger charge is -2.11. The number of benzene rings is 2. The number of aromatic nitrogens is 1. The molecule has 2 aromatic carbocycles. The number of nitrogens with one attached hydrogen (secondary N) is 3. The van der Waals surface area contributed by atoms with Crippen LogP contribution in [0.3, 0.4) is 0 Å². The van der Waals surface area contributed by atoms with Gasteiger partial charge in [0.15, 0.2) is 0 Å². The van der Waals surface area contributed by atoms with Gasteiger partial charge in [-0.3, -0.25) is 4.79 Å². The van der Waals surface area contributed by atoms with Crippen molar-refractivity contribution in [2.75, 3.05) is 13.6 Å². The first-order chi connectivity index (χ1) is 16.5. The summed E-state index contributed by atoms with van der Waals surface area (Å²) in [4.78, 5) is 26.6. The molecule has 176 valence electrons. The van der Waals surface area contributed by atoms with Crippen molar-refractivity contribution in [1.82, 2.24) is 15.6 Å². The highest BCUT2D eigenvalue weighted by Crippen LogP contribution is 2.24. The quantitative estimate of drug-likeness (QED) is 0.374. The van der Waals surface area contributed by atoms with Crippen molar-refractivity contribution in [1.29, 1.82) is 0 Å². The number of H-pyrrole nitrogens is 1. The average Bonchev–Trinajstić information content (AvgIpc) is 3.31. The molecule has 3 aromatic rings. The zero-order valence-electron chi connectivity index (χ0n) is 19.8. The van der Waals surface area contributed by atoms with Gasteiger partial charge in [0.25, 0.3) is 5.91 Å². The van der Waals surface area contributed by atoms with E-state index in [1.807, 2.05) is 63.5 Å². The number of aromatic carboxylic acids is 1. The lowest BCUT2D eigenvalue weighted by Crippen LogP contribution is -2.31. The fraction of sp³-hybridized carbons (Fsp3) is 0.214. The Kier molecular flexibility index (Phi) is 8.46. The Hall–Kier alpha value is -4.06. The zero-order valence-corrected chi connectivity index (χ0v) is 19.8. The van der Waals surface area contributed by atoms with Gasteiger partial charge in [-0.15, -0.1) is 0 Å². The van der Waals surface area contributed by atoms with Crippen molar-refractivity contribution < 1.29 is 14.7 Å². The summed E-state index contributed by atoms with van der Waals surface area (Å²) in [6.45, 7) is 4.65. The van der Waals surface area contributed by atoms with E-state index in [0.29, 0.717) is 18.5 Å². The van der Waals surface area contributed by atoms with E-state index < -0.39 is 5.97 Å². The maximum Gasteiger partial charge on any atom is 0.335 e. The number of hydrogen-bond donors (Lipinski definition) is 4. The van der Waals surface area contributed by atoms with Crippen LogP contribution in [-0.2, 0) is 12.8 Å². The summed E-state index contributed by atoms with van der Waals surface area (Å²) in [5.74, 6) is -0.964. The van der Waals surface area contributed by atoms with Crippen molar-refractivity contribution in [3.8, 4) is 11.1 Å². The first-order valence-corrected chi connectivity index (χ1v) is 11.5. The fourth-order valence-corrected chi connectivity index (χ4v) is 3.80. The monoisotopic (exact) mass is 457 g/mol. The van der Waals surface area contributed by atoms with Gasteiger partial charge in [0.1, 0.15) is 0 Å². The second kappa shape index (κ2) is 11.7. The van der Waals surface area contributed by atoms with Crippen LogP contribution in [0.15, 0.2) is 72.9 Å². The molecule has 1 amide bonds. The Morgan fingerprint density at radius 2 is 1.85 bits per heavy atom. The normalized spacial score (nSPS) is 13.0. The highest BCUT2D eigenvalue weighted by atomic mass is 16.4. The van der Waals surface area contributed by atoms with E-state index in [4.69, 9.17) is 5.11 Å². The lowest BCUT2D eigenvalue weighted by atomic mass is 9.99. The number of carbonyl (C=O) groups is 2. The number of allylic oxidation sites excluding steroid dienone is 3. The molecule has 0 atom stereocenters. The minimum atomic E-state index is -0.930. The molecule has 2 heterocycles. The van der Waals surface area contributed by atoms with Crippen LogP contribution in [-0.4, -0.2) is 35.6 Å². The van der Waals surface area contributed by atoms with Crippen molar-refractivity contribution in [2.24, 2.45) is 0 Å². The molecule has 34 heavy (non-hydrogen) atoms. The summed E-state index contributed by atoms with van der Waals surface area (Å²) in [6.07, 6.45) is 7.50. The molecular formula is C28H31N3O3. The maximum atomic E-state index is 12.1. The molecule has 1 aliphatic rings. The third-order valence-corrected chi connectivity index (χ3v) is 5.49. The predicted molar refractivity (Wildman–Crippen MR) is 137 cm³/mol. The largest absolute Gasteiger partial charge is 0.478 e. The molecule has 6 nitrogen and oxygen atoms in total. The number of rotatable bonds is 7. The predicted octanol–water partition coefficient (Wildman–Crippen LogP) is 5.05. The smallest absolute Gasteiger partial charge is 0.335 e. The highest BCUT2D eigenvalue weighted by molar-refractivity contribution is 5.97. The standard InChI is InChI=1S/C26H25N3O3.C2H6/c1-27-13-11-19(24-16-22-23(29-24)12-14-28-25(22)30)6-5-17-3-2-4-21(15-17)18-7-9-20(10-8-18)26(31)32;1-2/h2-4,6-11,13,15-16,27,29H,5,12,14H2,1H3,(H,28,30)(H,31,32);1-2H3/b13-11-,19-6+;. The molecule has 6 heteroatoms. The third kappa shape index (κ3) is 5.84. The summed E-state index contributed by atoms with van der Waals surface area (Å²) in [5.41, 5.74) is 7.01.